The molecular weight excluding hydrogens is 1140 g/mol. The quantitative estimate of drug-likeness (QED) is 0.122. The van der Waals surface area contributed by atoms with Crippen LogP contribution in [0.4, 0.5) is 11.4 Å². The van der Waals surface area contributed by atoms with Crippen LogP contribution in [0.3, 0.4) is 0 Å². The number of amides is 2. The number of halogens is 2. The monoisotopic (exact) mass is 1220 g/mol. The second kappa shape index (κ2) is 23.2. The number of nitrogens with one attached hydrogen (secondary N) is 2. The van der Waals surface area contributed by atoms with Gasteiger partial charge in [0, 0.05) is 58.2 Å². The Morgan fingerprint density at radius 1 is 0.524 bits per heavy atom. The maximum atomic E-state index is 13.4. The van der Waals surface area contributed by atoms with Crippen molar-refractivity contribution >= 4 is 66.4 Å². The van der Waals surface area contributed by atoms with Gasteiger partial charge in [0.15, 0.2) is 0 Å². The number of aryl methyl sites for hydroxylation is 2. The van der Waals surface area contributed by atoms with Crippen LogP contribution in [0.2, 0.25) is 10.0 Å². The van der Waals surface area contributed by atoms with Crippen LogP contribution in [0.15, 0.2) is 97.1 Å². The number of ether oxygens (including phenoxy) is 2. The van der Waals surface area contributed by atoms with Crippen LogP contribution in [0.25, 0.3) is 0 Å². The highest BCUT2D eigenvalue weighted by atomic mass is 35.5. The fourth-order valence-electron chi connectivity index (χ4n) is 16.3. The molecule has 10 aliphatic rings. The molecule has 0 saturated heterocycles. The number of anilines is 2. The second-order valence-electron chi connectivity index (χ2n) is 26.4. The van der Waals surface area contributed by atoms with Gasteiger partial charge in [0.25, 0.3) is 11.8 Å². The minimum atomic E-state index is -3.85. The van der Waals surface area contributed by atoms with Crippen LogP contribution < -0.4 is 28.7 Å². The zero-order valence-electron chi connectivity index (χ0n) is 47.6. The lowest BCUT2D eigenvalue weighted by atomic mass is 9.68. The number of carbonyl (C=O) groups excluding carboxylic acids is 2. The Hall–Kier alpha value is -5.10. The normalized spacial score (nSPS) is 34.6. The molecular formula is C66H78Cl2N4O10S2. The van der Waals surface area contributed by atoms with Gasteiger partial charge in [-0.1, -0.05) is 72.5 Å². The molecule has 8 bridgehead atoms. The van der Waals surface area contributed by atoms with Gasteiger partial charge in [-0.3, -0.25) is 9.59 Å². The van der Waals surface area contributed by atoms with Crippen molar-refractivity contribution in [3.05, 3.63) is 141 Å². The Kier molecular flexibility index (Phi) is 16.0. The molecule has 4 N–H and O–H groups in total. The lowest BCUT2D eigenvalue weighted by molar-refractivity contribution is 0.0452. The highest BCUT2D eigenvalue weighted by Gasteiger charge is 2.47. The summed E-state index contributed by atoms with van der Waals surface area (Å²) in [6.45, 7) is 3.88. The molecule has 1 unspecified atom stereocenters. The second-order valence-corrected chi connectivity index (χ2v) is 31.2. The van der Waals surface area contributed by atoms with Crippen molar-refractivity contribution in [2.75, 3.05) is 49.2 Å². The fraction of sp³-hybridized carbons (Fsp3) is 0.545. The van der Waals surface area contributed by atoms with E-state index in [0.717, 1.165) is 124 Å². The average molecular weight is 1220 g/mol. The van der Waals surface area contributed by atoms with Crippen molar-refractivity contribution < 1.29 is 46.1 Å². The Labute approximate surface area is 504 Å². The van der Waals surface area contributed by atoms with E-state index in [1.54, 1.807) is 24.3 Å². The molecule has 4 aromatic carbocycles. The number of carbonyl (C=O) groups is 2. The minimum absolute atomic E-state index is 0.0740. The molecule has 14 nitrogen and oxygen atoms in total. The van der Waals surface area contributed by atoms with E-state index < -0.39 is 54.6 Å². The topological polar surface area (TPSA) is 192 Å². The molecule has 4 fully saturated rings. The Morgan fingerprint density at radius 3 is 1.38 bits per heavy atom. The van der Waals surface area contributed by atoms with Crippen LogP contribution in [0.5, 0.6) is 11.5 Å². The van der Waals surface area contributed by atoms with Gasteiger partial charge < -0.3 is 29.5 Å². The van der Waals surface area contributed by atoms with E-state index in [1.807, 2.05) is 48.6 Å². The number of allylic oxidation sites excluding steroid dienone is 2. The first kappa shape index (κ1) is 57.9. The number of fused-ring (bicyclic) bond motifs is 12. The molecule has 2 amide bonds. The maximum absolute atomic E-state index is 13.4. The van der Waals surface area contributed by atoms with E-state index in [-0.39, 0.29) is 34.5 Å². The summed E-state index contributed by atoms with van der Waals surface area (Å²) in [5, 5.41) is 22.7. The molecule has 0 aromatic heterocycles. The van der Waals surface area contributed by atoms with Gasteiger partial charge in [0.1, 0.15) is 11.5 Å². The Bertz CT molecular complexity index is 3280. The third-order valence-corrected chi connectivity index (χ3v) is 25.2. The Balaban J connectivity index is 0.000000157. The van der Waals surface area contributed by atoms with E-state index >= 15 is 0 Å². The summed E-state index contributed by atoms with van der Waals surface area (Å²) in [6, 6.07) is 22.9. The molecule has 448 valence electrons. The van der Waals surface area contributed by atoms with Gasteiger partial charge in [0.2, 0.25) is 20.0 Å². The van der Waals surface area contributed by atoms with Crippen LogP contribution in [-0.4, -0.2) is 101 Å². The van der Waals surface area contributed by atoms with Crippen molar-refractivity contribution in [1.29, 1.82) is 0 Å². The number of hydrogen-bond acceptors (Lipinski definition) is 12. The lowest BCUT2D eigenvalue weighted by Crippen LogP contribution is -2.49. The summed E-state index contributed by atoms with van der Waals surface area (Å²) >= 11 is 12.8. The van der Waals surface area contributed by atoms with Gasteiger partial charge >= 0.3 is 0 Å². The van der Waals surface area contributed by atoms with E-state index in [4.69, 9.17) is 32.7 Å². The maximum Gasteiger partial charge on any atom is 0.264 e. The number of sulfonamides is 2. The standard InChI is InChI=1S/2C33H39ClN2O5S/c2*34-25-9-11-28-22(16-25)4-2-14-33(28)19-36-18-24-7-10-27(24)30(37)12-6-21-3-1-5-26(15-21)42(39,40)35-32(38)23-8-13-31(41-20-33)29(36)17-23/h2*6,8-9,11-13,16-17,21,24,26-27,30,37H,1-5,7,10,14-15,18-20H2,(H,35,38)/b2*12-6+/t21?,24-,26-,27+,30-,33-;21-,24+,26-,27-,30+,33+/m01/s1. The molecule has 4 heterocycles. The van der Waals surface area contributed by atoms with Crippen LogP contribution in [-0.2, 0) is 43.7 Å². The third-order valence-electron chi connectivity index (χ3n) is 21.2. The number of hydrogen-bond donors (Lipinski definition) is 4. The summed E-state index contributed by atoms with van der Waals surface area (Å²) < 4.78 is 71.2. The third kappa shape index (κ3) is 11.4. The van der Waals surface area contributed by atoms with E-state index in [2.05, 4.69) is 43.5 Å². The van der Waals surface area contributed by atoms with E-state index in [9.17, 15) is 36.6 Å². The van der Waals surface area contributed by atoms with Crippen LogP contribution in [0, 0.1) is 35.5 Å². The molecule has 4 aliphatic heterocycles. The predicted molar refractivity (Wildman–Crippen MR) is 327 cm³/mol. The summed E-state index contributed by atoms with van der Waals surface area (Å²) in [5.74, 6) is 1.22. The fourth-order valence-corrected chi connectivity index (χ4v) is 19.7. The van der Waals surface area contributed by atoms with Crippen molar-refractivity contribution in [3.8, 4) is 11.5 Å². The largest absolute Gasteiger partial charge is 0.490 e. The highest BCUT2D eigenvalue weighted by molar-refractivity contribution is 7.91. The van der Waals surface area contributed by atoms with Crippen molar-refractivity contribution in [1.82, 2.24) is 9.44 Å². The van der Waals surface area contributed by atoms with Crippen LogP contribution >= 0.6 is 23.2 Å². The summed E-state index contributed by atoms with van der Waals surface area (Å²) in [4.78, 5) is 31.5. The predicted octanol–water partition coefficient (Wildman–Crippen LogP) is 10.8. The molecule has 84 heavy (non-hydrogen) atoms. The lowest BCUT2D eigenvalue weighted by Gasteiger charge is -2.45. The molecule has 0 radical (unpaired) electrons. The number of benzene rings is 4. The van der Waals surface area contributed by atoms with Gasteiger partial charge in [-0.15, -0.1) is 0 Å². The highest BCUT2D eigenvalue weighted by Crippen LogP contribution is 2.50. The molecule has 12 atom stereocenters. The van der Waals surface area contributed by atoms with Gasteiger partial charge in [-0.2, -0.15) is 0 Å². The number of nitrogens with zero attached hydrogens (tertiary/aromatic N) is 2. The molecule has 6 aliphatic carbocycles. The zero-order valence-corrected chi connectivity index (χ0v) is 50.8. The average Bonchev–Trinajstić information content (AvgIpc) is 2.46. The van der Waals surface area contributed by atoms with Gasteiger partial charge in [-0.05, 0) is 221 Å². The number of rotatable bonds is 0. The van der Waals surface area contributed by atoms with Crippen molar-refractivity contribution in [2.45, 2.75) is 149 Å². The summed E-state index contributed by atoms with van der Waals surface area (Å²) in [5.41, 5.74) is 6.77. The molecule has 4 saturated carbocycles. The van der Waals surface area contributed by atoms with Crippen molar-refractivity contribution in [3.63, 3.8) is 0 Å². The minimum Gasteiger partial charge on any atom is -0.490 e. The van der Waals surface area contributed by atoms with Gasteiger partial charge in [-0.25, -0.2) is 26.3 Å². The molecule has 2 spiro atoms. The summed E-state index contributed by atoms with van der Waals surface area (Å²) in [7, 11) is -7.71. The molecule has 4 aromatic rings. The Morgan fingerprint density at radius 2 is 0.964 bits per heavy atom. The van der Waals surface area contributed by atoms with Crippen molar-refractivity contribution in [2.24, 2.45) is 35.5 Å². The zero-order chi connectivity index (χ0) is 58.1. The SMILES string of the molecule is O=C1NS(=O)(=O)[C@@H]2CCC[C@H](/C=C/[C@H](O)[C@@H]3CC[C@H]3CN3C[C@@]4(CCCc5cc(Cl)ccc54)COc4ccc1cc43)C2.O=C1NS(=O)(=O)[C@H]2CCCC(/C=C/[C@H](O)[C@@H]3CC[C@H]3CN3C[C@@]4(CCCc5cc(Cl)ccc54)COc4ccc1cc43)C2. The smallest absolute Gasteiger partial charge is 0.264 e. The van der Waals surface area contributed by atoms with E-state index in [1.165, 1.54) is 22.3 Å². The molecule has 14 rings (SSSR count). The first-order valence-corrected chi connectivity index (χ1v) is 34.7. The first-order valence-electron chi connectivity index (χ1n) is 30.9. The number of aliphatic hydroxyl groups is 2. The molecule has 18 heteroatoms. The van der Waals surface area contributed by atoms with Crippen LogP contribution in [0.1, 0.15) is 146 Å². The number of aliphatic hydroxyl groups excluding tert-OH is 2. The first-order chi connectivity index (χ1) is 40.4. The van der Waals surface area contributed by atoms with Gasteiger partial charge in [0.05, 0.1) is 47.3 Å². The van der Waals surface area contributed by atoms with E-state index in [0.29, 0.717) is 86.4 Å². The summed E-state index contributed by atoms with van der Waals surface area (Å²) in [6.07, 6.45) is 22.0.